The smallest absolute Gasteiger partial charge is 0.0652 e. The van der Waals surface area contributed by atoms with Crippen molar-refractivity contribution >= 4 is 34.5 Å². The van der Waals surface area contributed by atoms with Gasteiger partial charge in [0.1, 0.15) is 0 Å². The normalized spacial score (nSPS) is 12.2. The predicted molar refractivity (Wildman–Crippen MR) is 103 cm³/mol. The Morgan fingerprint density at radius 1 is 1.00 bits per heavy atom. The van der Waals surface area contributed by atoms with Crippen molar-refractivity contribution in [2.45, 2.75) is 29.6 Å². The fourth-order valence-corrected chi connectivity index (χ4v) is 4.21. The average Bonchev–Trinajstić information content (AvgIpc) is 2.52. The first-order chi connectivity index (χ1) is 11.0. The van der Waals surface area contributed by atoms with E-state index in [1.54, 1.807) is 0 Å². The van der Waals surface area contributed by atoms with Crippen LogP contribution in [0.1, 0.15) is 18.9 Å². The van der Waals surface area contributed by atoms with E-state index in [0.717, 1.165) is 12.8 Å². The Hall–Kier alpha value is -1.81. The predicted octanol–water partition coefficient (Wildman–Crippen LogP) is 4.98. The van der Waals surface area contributed by atoms with Gasteiger partial charge in [0.05, 0.1) is 22.7 Å². The summed E-state index contributed by atoms with van der Waals surface area (Å²) in [6.45, 7) is 2.25. The van der Waals surface area contributed by atoms with Crippen molar-refractivity contribution < 1.29 is 0 Å². The van der Waals surface area contributed by atoms with Crippen molar-refractivity contribution in [3.8, 4) is 0 Å². The lowest BCUT2D eigenvalue weighted by molar-refractivity contribution is 0.906. The molecule has 2 aromatic carbocycles. The molecule has 0 saturated carbocycles. The van der Waals surface area contributed by atoms with Crippen LogP contribution < -0.4 is 15.1 Å². The summed E-state index contributed by atoms with van der Waals surface area (Å²) in [6, 6.07) is 10.9. The highest BCUT2D eigenvalue weighted by molar-refractivity contribution is 7.99. The van der Waals surface area contributed by atoms with Crippen molar-refractivity contribution in [2.75, 3.05) is 43.3 Å². The molecule has 0 unspecified atom stereocenters. The fourth-order valence-electron chi connectivity index (χ4n) is 3.15. The molecule has 0 atom stereocenters. The van der Waals surface area contributed by atoms with Crippen LogP contribution in [-0.4, -0.2) is 28.2 Å². The Kier molecular flexibility index (Phi) is 4.44. The second kappa shape index (κ2) is 6.36. The van der Waals surface area contributed by atoms with Crippen LogP contribution in [-0.2, 0) is 6.42 Å². The van der Waals surface area contributed by atoms with Crippen molar-refractivity contribution in [2.24, 2.45) is 0 Å². The van der Waals surface area contributed by atoms with Crippen LogP contribution >= 0.6 is 11.8 Å². The molecule has 0 amide bonds. The first kappa shape index (κ1) is 16.1. The monoisotopic (exact) mass is 327 g/mol. The van der Waals surface area contributed by atoms with Crippen molar-refractivity contribution in [3.05, 3.63) is 35.9 Å². The molecule has 0 aliphatic carbocycles. The Morgan fingerprint density at radius 2 is 1.74 bits per heavy atom. The number of anilines is 4. The first-order valence-corrected chi connectivity index (χ1v) is 8.93. The third-order valence-corrected chi connectivity index (χ3v) is 5.26. The van der Waals surface area contributed by atoms with E-state index in [1.165, 1.54) is 38.1 Å². The molecule has 1 N–H and O–H groups in total. The highest BCUT2D eigenvalue weighted by atomic mass is 32.2. The molecule has 0 radical (unpaired) electrons. The van der Waals surface area contributed by atoms with Gasteiger partial charge in [0.25, 0.3) is 0 Å². The minimum Gasteiger partial charge on any atom is -0.376 e. The molecule has 3 rings (SSSR count). The molecule has 23 heavy (non-hydrogen) atoms. The summed E-state index contributed by atoms with van der Waals surface area (Å²) in [5.41, 5.74) is 6.52. The van der Waals surface area contributed by atoms with Crippen molar-refractivity contribution in [1.82, 2.24) is 0 Å². The maximum absolute atomic E-state index is 3.69. The molecule has 0 fully saturated rings. The molecule has 4 heteroatoms. The lowest BCUT2D eigenvalue weighted by Gasteiger charge is -2.31. The van der Waals surface area contributed by atoms with E-state index in [1.807, 2.05) is 11.8 Å². The van der Waals surface area contributed by atoms with E-state index in [-0.39, 0.29) is 0 Å². The van der Waals surface area contributed by atoms with E-state index in [4.69, 9.17) is 0 Å². The molecule has 3 nitrogen and oxygen atoms in total. The maximum Gasteiger partial charge on any atom is 0.0652 e. The second-order valence-electron chi connectivity index (χ2n) is 6.36. The Morgan fingerprint density at radius 3 is 2.39 bits per heavy atom. The Labute approximate surface area is 143 Å². The van der Waals surface area contributed by atoms with E-state index in [0.29, 0.717) is 0 Å². The molecule has 0 bridgehead atoms. The van der Waals surface area contributed by atoms with Gasteiger partial charge in [-0.1, -0.05) is 37.2 Å². The number of benzene rings is 2. The number of hydrogen-bond donors (Lipinski definition) is 1. The van der Waals surface area contributed by atoms with Gasteiger partial charge in [0.15, 0.2) is 0 Å². The number of nitrogens with zero attached hydrogens (tertiary/aromatic N) is 2. The van der Waals surface area contributed by atoms with Crippen LogP contribution in [0.2, 0.25) is 0 Å². The lowest BCUT2D eigenvalue weighted by atomic mass is 10.0. The van der Waals surface area contributed by atoms with Gasteiger partial charge in [-0.25, -0.2) is 0 Å². The molecule has 0 spiro atoms. The van der Waals surface area contributed by atoms with Crippen LogP contribution in [0.25, 0.3) is 0 Å². The zero-order chi connectivity index (χ0) is 16.6. The molecule has 1 heterocycles. The fraction of sp³-hybridized carbons (Fsp3) is 0.368. The van der Waals surface area contributed by atoms with E-state index >= 15 is 0 Å². The van der Waals surface area contributed by atoms with Gasteiger partial charge in [-0.3, -0.25) is 0 Å². The first-order valence-electron chi connectivity index (χ1n) is 8.11. The molecule has 122 valence electrons. The van der Waals surface area contributed by atoms with Crippen LogP contribution in [0.3, 0.4) is 0 Å². The molecule has 2 aromatic rings. The van der Waals surface area contributed by atoms with Gasteiger partial charge in [-0.15, -0.1) is 0 Å². The Bertz CT molecular complexity index is 723. The van der Waals surface area contributed by atoms with Crippen molar-refractivity contribution in [1.29, 1.82) is 0 Å². The van der Waals surface area contributed by atoms with Gasteiger partial charge in [-0.05, 0) is 24.6 Å². The van der Waals surface area contributed by atoms with Gasteiger partial charge in [-0.2, -0.15) is 0 Å². The third kappa shape index (κ3) is 2.88. The zero-order valence-corrected chi connectivity index (χ0v) is 15.4. The molecule has 1 aliphatic heterocycles. The summed E-state index contributed by atoms with van der Waals surface area (Å²) >= 11 is 1.87. The van der Waals surface area contributed by atoms with Gasteiger partial charge >= 0.3 is 0 Å². The van der Waals surface area contributed by atoms with Crippen LogP contribution in [0.5, 0.6) is 0 Å². The third-order valence-electron chi connectivity index (χ3n) is 4.14. The number of rotatable bonds is 4. The largest absolute Gasteiger partial charge is 0.376 e. The lowest BCUT2D eigenvalue weighted by Crippen LogP contribution is -2.20. The molecule has 0 saturated heterocycles. The number of para-hydroxylation sites is 1. The highest BCUT2D eigenvalue weighted by Gasteiger charge is 2.24. The SMILES string of the molecule is CCCc1c2c(cc(N(C)C)c1N(C)C)Sc1ccccc1N2. The second-order valence-corrected chi connectivity index (χ2v) is 7.44. The summed E-state index contributed by atoms with van der Waals surface area (Å²) < 4.78 is 0. The molecule has 0 aromatic heterocycles. The maximum atomic E-state index is 3.69. The van der Waals surface area contributed by atoms with Crippen LogP contribution in [0, 0.1) is 0 Å². The minimum absolute atomic E-state index is 1.08. The highest BCUT2D eigenvalue weighted by Crippen LogP contribution is 2.50. The van der Waals surface area contributed by atoms with E-state index < -0.39 is 0 Å². The Balaban J connectivity index is 2.22. The average molecular weight is 327 g/mol. The van der Waals surface area contributed by atoms with Crippen LogP contribution in [0.4, 0.5) is 22.7 Å². The molecular formula is C19H25N3S. The van der Waals surface area contributed by atoms with Gasteiger partial charge < -0.3 is 15.1 Å². The standard InChI is InChI=1S/C19H25N3S/c1-6-9-13-18-17(12-15(21(2)3)19(13)22(4)5)23-16-11-8-7-10-14(16)20-18/h7-8,10-12,20H,6,9H2,1-5H3. The molecular weight excluding hydrogens is 302 g/mol. The number of hydrogen-bond acceptors (Lipinski definition) is 4. The summed E-state index contributed by atoms with van der Waals surface area (Å²) in [5.74, 6) is 0. The van der Waals surface area contributed by atoms with Gasteiger partial charge in [0.2, 0.25) is 0 Å². The summed E-state index contributed by atoms with van der Waals surface area (Å²) in [5, 5.41) is 3.69. The minimum atomic E-state index is 1.08. The number of nitrogens with one attached hydrogen (secondary N) is 1. The topological polar surface area (TPSA) is 18.5 Å². The quantitative estimate of drug-likeness (QED) is 0.728. The summed E-state index contributed by atoms with van der Waals surface area (Å²) in [4.78, 5) is 7.08. The zero-order valence-electron chi connectivity index (χ0n) is 14.6. The van der Waals surface area contributed by atoms with Crippen molar-refractivity contribution in [3.63, 3.8) is 0 Å². The summed E-state index contributed by atoms with van der Waals surface area (Å²) in [6.07, 6.45) is 2.21. The summed E-state index contributed by atoms with van der Waals surface area (Å²) in [7, 11) is 8.52. The number of fused-ring (bicyclic) bond motifs is 2. The van der Waals surface area contributed by atoms with E-state index in [9.17, 15) is 0 Å². The van der Waals surface area contributed by atoms with Gasteiger partial charge in [0, 0.05) is 43.5 Å². The van der Waals surface area contributed by atoms with E-state index in [2.05, 4.69) is 80.6 Å². The van der Waals surface area contributed by atoms with Crippen LogP contribution in [0.15, 0.2) is 40.1 Å². The molecule has 1 aliphatic rings.